The van der Waals surface area contributed by atoms with Gasteiger partial charge in [-0.1, -0.05) is 52.1 Å². The quantitative estimate of drug-likeness (QED) is 0.868. The van der Waals surface area contributed by atoms with E-state index in [1.54, 1.807) is 0 Å². The Balaban J connectivity index is 2.89. The number of amides is 1. The van der Waals surface area contributed by atoms with Gasteiger partial charge in [-0.05, 0) is 12.8 Å². The van der Waals surface area contributed by atoms with E-state index >= 15 is 0 Å². The van der Waals surface area contributed by atoms with E-state index in [0.29, 0.717) is 16.8 Å². The molecule has 0 aromatic carbocycles. The molecule has 0 spiro atoms. The summed E-state index contributed by atoms with van der Waals surface area (Å²) < 4.78 is 0. The molecule has 1 unspecified atom stereocenters. The van der Waals surface area contributed by atoms with Crippen molar-refractivity contribution >= 4 is 17.5 Å². The maximum absolute atomic E-state index is 12.3. The molecule has 1 amide bonds. The minimum Gasteiger partial charge on any atom is -0.348 e. The lowest BCUT2D eigenvalue weighted by Gasteiger charge is -2.22. The minimum absolute atomic E-state index is 0.103. The van der Waals surface area contributed by atoms with Gasteiger partial charge in [-0.2, -0.15) is 0 Å². The van der Waals surface area contributed by atoms with Crippen LogP contribution in [-0.4, -0.2) is 21.9 Å². The fraction of sp³-hybridized carbons (Fsp3) is 0.667. The van der Waals surface area contributed by atoms with Crippen LogP contribution in [0.15, 0.2) is 6.20 Å². The molecule has 1 aromatic heterocycles. The van der Waals surface area contributed by atoms with Crippen molar-refractivity contribution in [2.75, 3.05) is 0 Å². The van der Waals surface area contributed by atoms with Crippen molar-refractivity contribution in [3.63, 3.8) is 0 Å². The van der Waals surface area contributed by atoms with E-state index in [2.05, 4.69) is 29.1 Å². The van der Waals surface area contributed by atoms with Gasteiger partial charge >= 0.3 is 0 Å². The zero-order chi connectivity index (χ0) is 15.3. The number of halogens is 1. The summed E-state index contributed by atoms with van der Waals surface area (Å²) in [6, 6.07) is 0.103. The van der Waals surface area contributed by atoms with E-state index in [9.17, 15) is 4.79 Å². The zero-order valence-corrected chi connectivity index (χ0v) is 13.7. The van der Waals surface area contributed by atoms with Crippen LogP contribution in [0.5, 0.6) is 0 Å². The highest BCUT2D eigenvalue weighted by Gasteiger charge is 2.20. The van der Waals surface area contributed by atoms with Crippen molar-refractivity contribution in [2.24, 2.45) is 5.92 Å². The highest BCUT2D eigenvalue weighted by atomic mass is 35.5. The number of rotatable bonds is 6. The summed E-state index contributed by atoms with van der Waals surface area (Å²) in [6.45, 7) is 10.3. The Labute approximate surface area is 126 Å². The predicted octanol–water partition coefficient (Wildman–Crippen LogP) is 3.81. The molecule has 0 aliphatic heterocycles. The molecule has 20 heavy (non-hydrogen) atoms. The van der Waals surface area contributed by atoms with Gasteiger partial charge in [-0.15, -0.1) is 0 Å². The molecule has 4 nitrogen and oxygen atoms in total. The first kappa shape index (κ1) is 16.9. The molecule has 1 atom stereocenters. The molecule has 0 saturated carbocycles. The van der Waals surface area contributed by atoms with Crippen molar-refractivity contribution in [1.82, 2.24) is 15.3 Å². The van der Waals surface area contributed by atoms with Crippen LogP contribution in [0.25, 0.3) is 0 Å². The van der Waals surface area contributed by atoms with Crippen LogP contribution in [0.3, 0.4) is 0 Å². The Kier molecular flexibility index (Phi) is 6.40. The molecule has 0 radical (unpaired) electrons. The van der Waals surface area contributed by atoms with Gasteiger partial charge in [0.15, 0.2) is 0 Å². The van der Waals surface area contributed by atoms with Crippen LogP contribution in [0, 0.1) is 5.92 Å². The van der Waals surface area contributed by atoms with E-state index in [0.717, 1.165) is 12.8 Å². The lowest BCUT2D eigenvalue weighted by molar-refractivity contribution is 0.0919. The number of nitrogens with zero attached hydrogens (tertiary/aromatic N) is 2. The Morgan fingerprint density at radius 1 is 1.30 bits per heavy atom. The number of carbonyl (C=O) groups excluding carboxylic acids is 1. The third-order valence-corrected chi connectivity index (χ3v) is 3.89. The van der Waals surface area contributed by atoms with E-state index in [4.69, 9.17) is 11.6 Å². The van der Waals surface area contributed by atoms with Crippen molar-refractivity contribution in [3.05, 3.63) is 22.7 Å². The fourth-order valence-electron chi connectivity index (χ4n) is 2.21. The predicted molar refractivity (Wildman–Crippen MR) is 82.1 cm³/mol. The summed E-state index contributed by atoms with van der Waals surface area (Å²) in [7, 11) is 0. The van der Waals surface area contributed by atoms with Crippen molar-refractivity contribution in [2.45, 2.75) is 59.4 Å². The fourth-order valence-corrected chi connectivity index (χ4v) is 2.38. The second-order valence-corrected chi connectivity index (χ2v) is 5.83. The maximum Gasteiger partial charge on any atom is 0.271 e. The lowest BCUT2D eigenvalue weighted by atomic mass is 9.95. The molecule has 1 aromatic rings. The molecular formula is C15H24ClN3O. The number of nitrogens with one attached hydrogen (secondary N) is 1. The van der Waals surface area contributed by atoms with E-state index < -0.39 is 0 Å². The number of hydrogen-bond acceptors (Lipinski definition) is 3. The van der Waals surface area contributed by atoms with Gasteiger partial charge in [0.25, 0.3) is 5.91 Å². The van der Waals surface area contributed by atoms with Gasteiger partial charge in [0, 0.05) is 12.0 Å². The zero-order valence-electron chi connectivity index (χ0n) is 12.9. The lowest BCUT2D eigenvalue weighted by Crippen LogP contribution is -2.38. The summed E-state index contributed by atoms with van der Waals surface area (Å²) in [5.41, 5.74) is 0.267. The van der Waals surface area contributed by atoms with E-state index in [1.807, 2.05) is 20.8 Å². The largest absolute Gasteiger partial charge is 0.348 e. The molecule has 0 fully saturated rings. The number of carbonyl (C=O) groups is 1. The highest BCUT2D eigenvalue weighted by molar-refractivity contribution is 6.33. The third kappa shape index (κ3) is 4.17. The second-order valence-electron chi connectivity index (χ2n) is 5.42. The first-order valence-corrected chi connectivity index (χ1v) is 7.61. The molecule has 0 bridgehead atoms. The minimum atomic E-state index is -0.223. The normalized spacial score (nSPS) is 12.8. The topological polar surface area (TPSA) is 54.9 Å². The standard InChI is InChI=1S/C15H24ClN3O/c1-6-11(7-2)10(5)18-15(20)13-12(16)8-17-14(19-13)9(3)4/h8-11H,6-7H2,1-5H3,(H,18,20). The van der Waals surface area contributed by atoms with Crippen molar-refractivity contribution < 1.29 is 4.79 Å². The molecule has 0 saturated heterocycles. The second kappa shape index (κ2) is 7.58. The molecule has 0 aliphatic carbocycles. The van der Waals surface area contributed by atoms with Gasteiger partial charge < -0.3 is 5.32 Å². The Morgan fingerprint density at radius 2 is 1.90 bits per heavy atom. The molecule has 1 rings (SSSR count). The van der Waals surface area contributed by atoms with Crippen molar-refractivity contribution in [1.29, 1.82) is 0 Å². The van der Waals surface area contributed by atoms with Gasteiger partial charge in [0.1, 0.15) is 11.5 Å². The van der Waals surface area contributed by atoms with Crippen LogP contribution < -0.4 is 5.32 Å². The Hall–Kier alpha value is -1.16. The summed E-state index contributed by atoms with van der Waals surface area (Å²) in [4.78, 5) is 20.7. The molecule has 0 aliphatic rings. The van der Waals surface area contributed by atoms with Crippen LogP contribution in [0.2, 0.25) is 5.02 Å². The smallest absolute Gasteiger partial charge is 0.271 e. The van der Waals surface area contributed by atoms with Crippen LogP contribution in [0.1, 0.15) is 69.7 Å². The van der Waals surface area contributed by atoms with Crippen LogP contribution in [-0.2, 0) is 0 Å². The Morgan fingerprint density at radius 3 is 2.40 bits per heavy atom. The van der Waals surface area contributed by atoms with Crippen LogP contribution in [0.4, 0.5) is 0 Å². The third-order valence-electron chi connectivity index (χ3n) is 3.61. The summed E-state index contributed by atoms with van der Waals surface area (Å²) in [5, 5.41) is 3.29. The number of aromatic nitrogens is 2. The Bertz CT molecular complexity index is 458. The van der Waals surface area contributed by atoms with Gasteiger partial charge in [-0.25, -0.2) is 9.97 Å². The number of hydrogen-bond donors (Lipinski definition) is 1. The summed E-state index contributed by atoms with van der Waals surface area (Å²) >= 11 is 6.04. The first-order valence-electron chi connectivity index (χ1n) is 7.23. The summed E-state index contributed by atoms with van der Waals surface area (Å²) in [5.74, 6) is 1.04. The SMILES string of the molecule is CCC(CC)C(C)NC(=O)c1nc(C(C)C)ncc1Cl. The van der Waals surface area contributed by atoms with Gasteiger partial charge in [0.2, 0.25) is 0 Å². The first-order chi connectivity index (χ1) is 9.40. The van der Waals surface area contributed by atoms with E-state index in [-0.39, 0.29) is 23.6 Å². The average molecular weight is 298 g/mol. The van der Waals surface area contributed by atoms with Crippen LogP contribution >= 0.6 is 11.6 Å². The summed E-state index contributed by atoms with van der Waals surface area (Å²) in [6.07, 6.45) is 3.57. The van der Waals surface area contributed by atoms with Crippen molar-refractivity contribution in [3.8, 4) is 0 Å². The highest BCUT2D eigenvalue weighted by Crippen LogP contribution is 2.18. The molecule has 112 valence electrons. The van der Waals surface area contributed by atoms with Gasteiger partial charge in [0.05, 0.1) is 11.2 Å². The average Bonchev–Trinajstić information content (AvgIpc) is 2.40. The molecule has 1 heterocycles. The van der Waals surface area contributed by atoms with E-state index in [1.165, 1.54) is 6.20 Å². The monoisotopic (exact) mass is 297 g/mol. The molecular weight excluding hydrogens is 274 g/mol. The molecule has 1 N–H and O–H groups in total. The maximum atomic E-state index is 12.3. The molecule has 5 heteroatoms. The van der Waals surface area contributed by atoms with Gasteiger partial charge in [-0.3, -0.25) is 4.79 Å².